The lowest BCUT2D eigenvalue weighted by molar-refractivity contribution is -0.119. The summed E-state index contributed by atoms with van der Waals surface area (Å²) >= 11 is 0. The zero-order valence-corrected chi connectivity index (χ0v) is 19.1. The van der Waals surface area contributed by atoms with E-state index in [1.807, 2.05) is 26.8 Å². The number of allylic oxidation sites excluding steroid dienone is 1. The number of amides is 1. The lowest BCUT2D eigenvalue weighted by atomic mass is 9.81. The summed E-state index contributed by atoms with van der Waals surface area (Å²) in [6.45, 7) is 5.52. The molecule has 0 aromatic heterocycles. The van der Waals surface area contributed by atoms with E-state index in [0.29, 0.717) is 36.2 Å². The maximum atomic E-state index is 14.7. The van der Waals surface area contributed by atoms with Gasteiger partial charge in [-0.2, -0.15) is 0 Å². The van der Waals surface area contributed by atoms with Crippen molar-refractivity contribution in [1.82, 2.24) is 10.6 Å². The fourth-order valence-electron chi connectivity index (χ4n) is 4.24. The standard InChI is InChI=1S/C24H32FN5O2/c1-23(2)17-9-8-15(13-19(17)29-22(23)32)28-21(26)16(14-31)18(10-12-27-4)30-24(3)11-6-5-7-20(24)25/h8-10,12-14,20,27,30H,5-7,11H2,1-4H3,(H2,26,28)(H,29,32)/b12-10-,18-16-/t20?,24-/m0/s1. The Morgan fingerprint density at radius 2 is 2.03 bits per heavy atom. The Labute approximate surface area is 188 Å². The molecule has 8 heteroatoms. The van der Waals surface area contributed by atoms with Crippen molar-refractivity contribution in [3.05, 3.63) is 47.3 Å². The molecule has 1 amide bonds. The molecule has 1 aromatic rings. The molecule has 5 N–H and O–H groups in total. The zero-order valence-electron chi connectivity index (χ0n) is 19.1. The second kappa shape index (κ2) is 9.14. The van der Waals surface area contributed by atoms with Gasteiger partial charge < -0.3 is 21.3 Å². The maximum absolute atomic E-state index is 14.7. The molecule has 1 aliphatic carbocycles. The number of benzene rings is 1. The molecule has 1 unspecified atom stereocenters. The van der Waals surface area contributed by atoms with Gasteiger partial charge in [-0.05, 0) is 63.6 Å². The first kappa shape index (κ1) is 23.5. The fraction of sp³-hybridized carbons (Fsp3) is 0.458. The van der Waals surface area contributed by atoms with Gasteiger partial charge in [-0.1, -0.05) is 18.9 Å². The van der Waals surface area contributed by atoms with Crippen molar-refractivity contribution in [2.24, 2.45) is 0 Å². The third kappa shape index (κ3) is 4.54. The number of alkyl halides is 1. The lowest BCUT2D eigenvalue weighted by Crippen LogP contribution is -2.51. The highest BCUT2D eigenvalue weighted by Gasteiger charge is 2.39. The molecular weight excluding hydrogens is 409 g/mol. The van der Waals surface area contributed by atoms with E-state index in [2.05, 4.69) is 21.3 Å². The van der Waals surface area contributed by atoms with Gasteiger partial charge in [0.05, 0.1) is 22.2 Å². The number of halogens is 1. The molecule has 1 fully saturated rings. The molecule has 32 heavy (non-hydrogen) atoms. The summed E-state index contributed by atoms with van der Waals surface area (Å²) in [4.78, 5) is 24.2. The number of aldehydes is 1. The second-order valence-corrected chi connectivity index (χ2v) is 9.16. The van der Waals surface area contributed by atoms with Crippen LogP contribution in [0.3, 0.4) is 0 Å². The molecule has 0 saturated heterocycles. The van der Waals surface area contributed by atoms with Gasteiger partial charge in [0.15, 0.2) is 6.29 Å². The van der Waals surface area contributed by atoms with Crippen LogP contribution in [0.25, 0.3) is 0 Å². The first-order valence-corrected chi connectivity index (χ1v) is 10.9. The number of amidine groups is 1. The Balaban J connectivity index is 1.89. The lowest BCUT2D eigenvalue weighted by Gasteiger charge is -2.39. The van der Waals surface area contributed by atoms with Crippen LogP contribution >= 0.6 is 0 Å². The van der Waals surface area contributed by atoms with Crippen LogP contribution in [0.2, 0.25) is 0 Å². The van der Waals surface area contributed by atoms with E-state index < -0.39 is 17.1 Å². The fourth-order valence-corrected chi connectivity index (χ4v) is 4.24. The average Bonchev–Trinajstić information content (AvgIpc) is 2.96. The van der Waals surface area contributed by atoms with Crippen molar-refractivity contribution in [2.45, 2.75) is 63.6 Å². The summed E-state index contributed by atoms with van der Waals surface area (Å²) in [7, 11) is 1.72. The highest BCUT2D eigenvalue weighted by Crippen LogP contribution is 2.38. The minimum absolute atomic E-state index is 0.0837. The summed E-state index contributed by atoms with van der Waals surface area (Å²) in [5.41, 5.74) is 1.14. The van der Waals surface area contributed by atoms with Crippen LogP contribution in [-0.2, 0) is 15.0 Å². The van der Waals surface area contributed by atoms with Crippen LogP contribution in [0.15, 0.2) is 41.7 Å². The van der Waals surface area contributed by atoms with E-state index >= 15 is 0 Å². The second-order valence-electron chi connectivity index (χ2n) is 9.16. The van der Waals surface area contributed by atoms with Crippen LogP contribution in [0, 0.1) is 5.41 Å². The Morgan fingerprint density at radius 3 is 2.69 bits per heavy atom. The molecule has 3 rings (SSSR count). The number of hydrogen-bond acceptors (Lipinski definition) is 5. The van der Waals surface area contributed by atoms with Crippen LogP contribution in [-0.4, -0.2) is 36.8 Å². The van der Waals surface area contributed by atoms with E-state index in [1.165, 1.54) is 0 Å². The van der Waals surface area contributed by atoms with Crippen molar-refractivity contribution < 1.29 is 14.0 Å². The van der Waals surface area contributed by atoms with E-state index in [1.54, 1.807) is 31.5 Å². The number of anilines is 2. The number of rotatable bonds is 7. The van der Waals surface area contributed by atoms with Crippen LogP contribution in [0.4, 0.5) is 15.8 Å². The minimum atomic E-state index is -1.05. The molecule has 1 aliphatic heterocycles. The van der Waals surface area contributed by atoms with Gasteiger partial charge in [-0.15, -0.1) is 0 Å². The number of nitrogens with one attached hydrogen (secondary N) is 5. The van der Waals surface area contributed by atoms with E-state index in [0.717, 1.165) is 18.4 Å². The summed E-state index contributed by atoms with van der Waals surface area (Å²) in [5.74, 6) is -0.208. The maximum Gasteiger partial charge on any atom is 0.234 e. The normalized spacial score (nSPS) is 24.9. The molecule has 2 aliphatic rings. The third-order valence-corrected chi connectivity index (χ3v) is 6.39. The Kier molecular flexibility index (Phi) is 6.71. The quantitative estimate of drug-likeness (QED) is 0.146. The molecular formula is C24H32FN5O2. The Morgan fingerprint density at radius 1 is 1.28 bits per heavy atom. The van der Waals surface area contributed by atoms with Crippen LogP contribution in [0.1, 0.15) is 52.0 Å². The minimum Gasteiger partial charge on any atom is -0.394 e. The van der Waals surface area contributed by atoms with E-state index in [-0.39, 0.29) is 17.3 Å². The molecule has 0 bridgehead atoms. The number of hydrogen-bond donors (Lipinski definition) is 5. The van der Waals surface area contributed by atoms with Gasteiger partial charge in [0.1, 0.15) is 12.0 Å². The Bertz CT molecular complexity index is 985. The monoisotopic (exact) mass is 441 g/mol. The number of carbonyl (C=O) groups is 2. The van der Waals surface area contributed by atoms with Crippen molar-refractivity contribution in [1.29, 1.82) is 5.41 Å². The Hall–Kier alpha value is -3.16. The van der Waals surface area contributed by atoms with Gasteiger partial charge in [-0.25, -0.2) is 4.39 Å². The topological polar surface area (TPSA) is 106 Å². The predicted molar refractivity (Wildman–Crippen MR) is 126 cm³/mol. The number of fused-ring (bicyclic) bond motifs is 1. The molecule has 0 spiro atoms. The molecule has 172 valence electrons. The molecule has 1 heterocycles. The highest BCUT2D eigenvalue weighted by atomic mass is 19.1. The van der Waals surface area contributed by atoms with Gasteiger partial charge >= 0.3 is 0 Å². The molecule has 1 saturated carbocycles. The summed E-state index contributed by atoms with van der Waals surface area (Å²) in [6.07, 6.45) is 5.66. The summed E-state index contributed by atoms with van der Waals surface area (Å²) < 4.78 is 14.7. The van der Waals surface area contributed by atoms with Crippen molar-refractivity contribution in [3.63, 3.8) is 0 Å². The predicted octanol–water partition coefficient (Wildman–Crippen LogP) is 3.75. The van der Waals surface area contributed by atoms with E-state index in [4.69, 9.17) is 5.41 Å². The third-order valence-electron chi connectivity index (χ3n) is 6.39. The van der Waals surface area contributed by atoms with Gasteiger partial charge in [0, 0.05) is 18.4 Å². The average molecular weight is 442 g/mol. The highest BCUT2D eigenvalue weighted by molar-refractivity contribution is 6.19. The molecule has 0 radical (unpaired) electrons. The van der Waals surface area contributed by atoms with Gasteiger partial charge in [-0.3, -0.25) is 15.0 Å². The smallest absolute Gasteiger partial charge is 0.234 e. The van der Waals surface area contributed by atoms with Crippen LogP contribution < -0.4 is 21.3 Å². The summed E-state index contributed by atoms with van der Waals surface area (Å²) in [6, 6.07) is 5.36. The molecule has 7 nitrogen and oxygen atoms in total. The number of carbonyl (C=O) groups excluding carboxylic acids is 2. The molecule has 2 atom stereocenters. The molecule has 1 aromatic carbocycles. The first-order chi connectivity index (χ1) is 15.1. The van der Waals surface area contributed by atoms with Gasteiger partial charge in [0.25, 0.3) is 0 Å². The van der Waals surface area contributed by atoms with Gasteiger partial charge in [0.2, 0.25) is 5.91 Å². The zero-order chi connectivity index (χ0) is 23.5. The largest absolute Gasteiger partial charge is 0.394 e. The van der Waals surface area contributed by atoms with Crippen molar-refractivity contribution in [3.8, 4) is 0 Å². The van der Waals surface area contributed by atoms with Crippen molar-refractivity contribution in [2.75, 3.05) is 17.7 Å². The van der Waals surface area contributed by atoms with Crippen LogP contribution in [0.5, 0.6) is 0 Å². The van der Waals surface area contributed by atoms with Crippen molar-refractivity contribution >= 4 is 29.4 Å². The SMILES string of the molecule is CN/C=C\C(N[C@@]1(C)CCCCC1F)=C(/C=O)C(=N)Nc1ccc2c(c1)NC(=O)C2(C)C. The summed E-state index contributed by atoms with van der Waals surface area (Å²) in [5, 5.41) is 20.4. The first-order valence-electron chi connectivity index (χ1n) is 10.9. The van der Waals surface area contributed by atoms with E-state index in [9.17, 15) is 14.0 Å².